The first-order chi connectivity index (χ1) is 10.1. The molecule has 0 aromatic heterocycles. The van der Waals surface area contributed by atoms with Gasteiger partial charge in [-0.05, 0) is 32.6 Å². The van der Waals surface area contributed by atoms with Crippen molar-refractivity contribution < 1.29 is 19.4 Å². The Hall–Kier alpha value is -1.32. The van der Waals surface area contributed by atoms with Gasteiger partial charge in [0.05, 0.1) is 18.1 Å². The molecule has 1 N–H and O–H groups in total. The van der Waals surface area contributed by atoms with Crippen LogP contribution < -0.4 is 0 Å². The number of carboxylic acids is 1. The van der Waals surface area contributed by atoms with Gasteiger partial charge in [0.25, 0.3) is 0 Å². The molecule has 1 rings (SSSR count). The number of carbonyl (C=O) groups is 2. The van der Waals surface area contributed by atoms with Crippen molar-refractivity contribution in [1.29, 1.82) is 0 Å². The topological polar surface area (TPSA) is 63.6 Å². The summed E-state index contributed by atoms with van der Waals surface area (Å²) < 4.78 is 5.28. The summed E-state index contributed by atoms with van der Waals surface area (Å²) >= 11 is 0. The van der Waals surface area contributed by atoms with Crippen LogP contribution in [0.25, 0.3) is 0 Å². The van der Waals surface area contributed by atoms with Gasteiger partial charge >= 0.3 is 11.9 Å². The highest BCUT2D eigenvalue weighted by Gasteiger charge is 2.32. The first kappa shape index (κ1) is 17.7. The number of rotatable bonds is 9. The molecule has 0 spiro atoms. The Bertz CT molecular complexity index is 384. The van der Waals surface area contributed by atoms with Crippen LogP contribution in [-0.4, -0.2) is 23.7 Å². The van der Waals surface area contributed by atoms with Gasteiger partial charge in [-0.15, -0.1) is 0 Å². The lowest BCUT2D eigenvalue weighted by molar-refractivity contribution is -0.146. The molecule has 0 fully saturated rings. The molecule has 0 radical (unpaired) electrons. The van der Waals surface area contributed by atoms with Crippen LogP contribution >= 0.6 is 0 Å². The minimum atomic E-state index is -0.916. The molecular weight excluding hydrogens is 268 g/mol. The summed E-state index contributed by atoms with van der Waals surface area (Å²) in [5.74, 6) is -2.02. The lowest BCUT2D eigenvalue weighted by Crippen LogP contribution is -2.27. The zero-order valence-corrected chi connectivity index (χ0v) is 13.3. The molecule has 4 heteroatoms. The summed E-state index contributed by atoms with van der Waals surface area (Å²) in [6, 6.07) is 0. The van der Waals surface area contributed by atoms with E-state index >= 15 is 0 Å². The van der Waals surface area contributed by atoms with Gasteiger partial charge in [-0.1, -0.05) is 44.6 Å². The summed E-state index contributed by atoms with van der Waals surface area (Å²) in [4.78, 5) is 23.4. The molecule has 1 aliphatic carbocycles. The number of hydrogen-bond acceptors (Lipinski definition) is 3. The third-order valence-electron chi connectivity index (χ3n) is 4.10. The van der Waals surface area contributed by atoms with Crippen LogP contribution in [0.2, 0.25) is 0 Å². The third kappa shape index (κ3) is 5.90. The molecule has 0 heterocycles. The Labute approximate surface area is 127 Å². The molecule has 0 aliphatic heterocycles. The Balaban J connectivity index is 2.37. The molecule has 1 unspecified atom stereocenters. The number of aliphatic carboxylic acids is 1. The van der Waals surface area contributed by atoms with E-state index < -0.39 is 17.9 Å². The van der Waals surface area contributed by atoms with Crippen LogP contribution in [0.15, 0.2) is 11.1 Å². The molecule has 0 aromatic carbocycles. The Kier molecular flexibility index (Phi) is 8.09. The molecule has 0 bridgehead atoms. The minimum absolute atomic E-state index is 0.389. The second kappa shape index (κ2) is 9.59. The van der Waals surface area contributed by atoms with E-state index in [2.05, 4.69) is 6.92 Å². The Morgan fingerprint density at radius 1 is 1.19 bits per heavy atom. The molecule has 4 nitrogen and oxygen atoms in total. The Morgan fingerprint density at radius 2 is 1.86 bits per heavy atom. The lowest BCUT2D eigenvalue weighted by Gasteiger charge is -2.23. The van der Waals surface area contributed by atoms with Gasteiger partial charge < -0.3 is 9.84 Å². The van der Waals surface area contributed by atoms with Crippen molar-refractivity contribution in [3.05, 3.63) is 11.1 Å². The number of carboxylic acid groups (broad SMARTS) is 1. The summed E-state index contributed by atoms with van der Waals surface area (Å²) in [6.07, 6.45) is 8.97. The van der Waals surface area contributed by atoms with Crippen molar-refractivity contribution in [2.75, 3.05) is 6.61 Å². The zero-order valence-electron chi connectivity index (χ0n) is 13.3. The van der Waals surface area contributed by atoms with Crippen LogP contribution in [-0.2, 0) is 14.3 Å². The van der Waals surface area contributed by atoms with E-state index in [0.29, 0.717) is 18.6 Å². The van der Waals surface area contributed by atoms with Crippen molar-refractivity contribution >= 4 is 11.9 Å². The van der Waals surface area contributed by atoms with Gasteiger partial charge in [0.2, 0.25) is 0 Å². The highest BCUT2D eigenvalue weighted by molar-refractivity contribution is 5.96. The average molecular weight is 296 g/mol. The zero-order chi connectivity index (χ0) is 15.7. The van der Waals surface area contributed by atoms with Crippen molar-refractivity contribution in [3.63, 3.8) is 0 Å². The number of allylic oxidation sites excluding steroid dienone is 1. The average Bonchev–Trinajstić information content (AvgIpc) is 2.45. The fourth-order valence-corrected chi connectivity index (χ4v) is 2.84. The normalized spacial score (nSPS) is 18.7. The number of unbranched alkanes of at least 4 members (excludes halogenated alkanes) is 5. The Morgan fingerprint density at radius 3 is 2.52 bits per heavy atom. The quantitative estimate of drug-likeness (QED) is 0.514. The number of ether oxygens (including phenoxy) is 1. The monoisotopic (exact) mass is 296 g/mol. The minimum Gasteiger partial charge on any atom is -0.481 e. The summed E-state index contributed by atoms with van der Waals surface area (Å²) in [5.41, 5.74) is 1.27. The van der Waals surface area contributed by atoms with Crippen molar-refractivity contribution in [2.45, 2.75) is 71.6 Å². The molecule has 0 saturated carbocycles. The predicted molar refractivity (Wildman–Crippen MR) is 82.0 cm³/mol. The first-order valence-corrected chi connectivity index (χ1v) is 8.17. The summed E-state index contributed by atoms with van der Waals surface area (Å²) in [5, 5.41) is 9.23. The van der Waals surface area contributed by atoms with Crippen molar-refractivity contribution in [2.24, 2.45) is 5.92 Å². The smallest absolute Gasteiger partial charge is 0.334 e. The van der Waals surface area contributed by atoms with E-state index in [1.807, 2.05) is 6.92 Å². The van der Waals surface area contributed by atoms with E-state index in [1.165, 1.54) is 25.7 Å². The van der Waals surface area contributed by atoms with Crippen LogP contribution in [0.3, 0.4) is 0 Å². The van der Waals surface area contributed by atoms with Crippen LogP contribution in [0.4, 0.5) is 0 Å². The van der Waals surface area contributed by atoms with Gasteiger partial charge in [-0.2, -0.15) is 0 Å². The maximum Gasteiger partial charge on any atom is 0.334 e. The molecule has 0 aromatic rings. The highest BCUT2D eigenvalue weighted by Crippen LogP contribution is 2.31. The summed E-state index contributed by atoms with van der Waals surface area (Å²) in [7, 11) is 0. The molecule has 1 atom stereocenters. The molecule has 0 saturated heterocycles. The fraction of sp³-hybridized carbons (Fsp3) is 0.765. The van der Waals surface area contributed by atoms with Crippen LogP contribution in [0.1, 0.15) is 71.6 Å². The largest absolute Gasteiger partial charge is 0.481 e. The predicted octanol–water partition coefficient (Wildman–Crippen LogP) is 4.09. The molecular formula is C17H28O4. The van der Waals surface area contributed by atoms with Gasteiger partial charge in [0.1, 0.15) is 0 Å². The number of hydrogen-bond donors (Lipinski definition) is 1. The third-order valence-corrected chi connectivity index (χ3v) is 4.10. The maximum atomic E-state index is 12.1. The van der Waals surface area contributed by atoms with E-state index in [9.17, 15) is 14.7 Å². The maximum absolute atomic E-state index is 12.1. The molecule has 21 heavy (non-hydrogen) atoms. The molecule has 120 valence electrons. The standard InChI is InChI=1S/C17H28O4/c1-3-4-5-6-7-8-12-21-17(20)15-13(2)10-9-11-14(15)16(18)19/h14H,3-12H2,1-2H3,(H,18,19). The van der Waals surface area contributed by atoms with Gasteiger partial charge in [0.15, 0.2) is 0 Å². The highest BCUT2D eigenvalue weighted by atomic mass is 16.5. The second-order valence-corrected chi connectivity index (χ2v) is 5.88. The van der Waals surface area contributed by atoms with Gasteiger partial charge in [-0.25, -0.2) is 4.79 Å². The first-order valence-electron chi connectivity index (χ1n) is 8.17. The fourth-order valence-electron chi connectivity index (χ4n) is 2.84. The molecule has 1 aliphatic rings. The van der Waals surface area contributed by atoms with E-state index in [4.69, 9.17) is 4.74 Å². The lowest BCUT2D eigenvalue weighted by atomic mass is 9.83. The second-order valence-electron chi connectivity index (χ2n) is 5.88. The van der Waals surface area contributed by atoms with Gasteiger partial charge in [0, 0.05) is 0 Å². The van der Waals surface area contributed by atoms with Gasteiger partial charge in [-0.3, -0.25) is 4.79 Å². The van der Waals surface area contributed by atoms with Crippen LogP contribution in [0.5, 0.6) is 0 Å². The van der Waals surface area contributed by atoms with E-state index in [0.717, 1.165) is 31.3 Å². The SMILES string of the molecule is CCCCCCCCOC(=O)C1=C(C)CCCC1C(=O)O. The van der Waals surface area contributed by atoms with E-state index in [1.54, 1.807) is 0 Å². The van der Waals surface area contributed by atoms with Crippen molar-refractivity contribution in [1.82, 2.24) is 0 Å². The number of carbonyl (C=O) groups excluding carboxylic acids is 1. The van der Waals surface area contributed by atoms with Crippen LogP contribution in [0, 0.1) is 5.92 Å². The summed E-state index contributed by atoms with van der Waals surface area (Å²) in [6.45, 7) is 4.42. The van der Waals surface area contributed by atoms with Crippen molar-refractivity contribution in [3.8, 4) is 0 Å². The number of esters is 1. The van der Waals surface area contributed by atoms with E-state index in [-0.39, 0.29) is 0 Å². The molecule has 0 amide bonds.